The molecule has 0 radical (unpaired) electrons. The van der Waals surface area contributed by atoms with Crippen molar-refractivity contribution >= 4 is 23.2 Å². The maximum absolute atomic E-state index is 6.24. The van der Waals surface area contributed by atoms with Crippen molar-refractivity contribution in [1.82, 2.24) is 15.0 Å². The number of pyridine rings is 1. The summed E-state index contributed by atoms with van der Waals surface area (Å²) in [5.74, 6) is 1.74. The second-order valence-corrected chi connectivity index (χ2v) is 5.69. The maximum Gasteiger partial charge on any atom is 0.147 e. The molecular formula is C15H18ClN5. The standard InChI is InChI=1S/C15H18ClN5/c1-11-8-14(19-10-18-11)20-12-4-3-7-21(9-12)15-13(16)5-2-6-17-15/h2,5-6,8,10,12H,3-4,7,9H2,1H3,(H,18,19,20). The van der Waals surface area contributed by atoms with Crippen LogP contribution in [0.5, 0.6) is 0 Å². The van der Waals surface area contributed by atoms with Gasteiger partial charge in [-0.25, -0.2) is 15.0 Å². The Morgan fingerprint density at radius 3 is 3.05 bits per heavy atom. The molecule has 5 nitrogen and oxygen atoms in total. The van der Waals surface area contributed by atoms with Crippen molar-refractivity contribution < 1.29 is 0 Å². The number of nitrogens with zero attached hydrogens (tertiary/aromatic N) is 4. The van der Waals surface area contributed by atoms with E-state index < -0.39 is 0 Å². The lowest BCUT2D eigenvalue weighted by atomic mass is 10.1. The molecule has 1 aliphatic rings. The van der Waals surface area contributed by atoms with Crippen LogP contribution in [0.4, 0.5) is 11.6 Å². The van der Waals surface area contributed by atoms with Crippen LogP contribution in [0.1, 0.15) is 18.5 Å². The number of hydrogen-bond acceptors (Lipinski definition) is 5. The van der Waals surface area contributed by atoms with Gasteiger partial charge in [-0.05, 0) is 31.9 Å². The van der Waals surface area contributed by atoms with Gasteiger partial charge in [0.15, 0.2) is 0 Å². The van der Waals surface area contributed by atoms with Gasteiger partial charge in [-0.2, -0.15) is 0 Å². The molecule has 0 aliphatic carbocycles. The van der Waals surface area contributed by atoms with Gasteiger partial charge in [-0.1, -0.05) is 11.6 Å². The molecule has 110 valence electrons. The fraction of sp³-hybridized carbons (Fsp3) is 0.400. The molecule has 0 aromatic carbocycles. The summed E-state index contributed by atoms with van der Waals surface area (Å²) in [5, 5.41) is 4.18. The molecule has 0 amide bonds. The van der Waals surface area contributed by atoms with Crippen molar-refractivity contribution in [3.63, 3.8) is 0 Å². The van der Waals surface area contributed by atoms with E-state index in [1.54, 1.807) is 12.5 Å². The van der Waals surface area contributed by atoms with Crippen molar-refractivity contribution in [3.05, 3.63) is 41.4 Å². The van der Waals surface area contributed by atoms with Gasteiger partial charge >= 0.3 is 0 Å². The largest absolute Gasteiger partial charge is 0.365 e. The number of anilines is 2. The zero-order valence-corrected chi connectivity index (χ0v) is 12.7. The van der Waals surface area contributed by atoms with E-state index in [1.807, 2.05) is 25.1 Å². The van der Waals surface area contributed by atoms with Gasteiger partial charge < -0.3 is 10.2 Å². The highest BCUT2D eigenvalue weighted by molar-refractivity contribution is 6.32. The summed E-state index contributed by atoms with van der Waals surface area (Å²) >= 11 is 6.24. The van der Waals surface area contributed by atoms with Gasteiger partial charge in [0, 0.05) is 37.1 Å². The average molecular weight is 304 g/mol. The Morgan fingerprint density at radius 1 is 1.33 bits per heavy atom. The van der Waals surface area contributed by atoms with Crippen LogP contribution in [-0.4, -0.2) is 34.1 Å². The Bertz CT molecular complexity index is 619. The third-order valence-electron chi connectivity index (χ3n) is 3.62. The first-order valence-corrected chi connectivity index (χ1v) is 7.51. The first-order valence-electron chi connectivity index (χ1n) is 7.13. The van der Waals surface area contributed by atoms with Crippen molar-refractivity contribution in [2.45, 2.75) is 25.8 Å². The molecule has 2 aromatic heterocycles. The fourth-order valence-electron chi connectivity index (χ4n) is 2.64. The summed E-state index contributed by atoms with van der Waals surface area (Å²) in [7, 11) is 0. The molecule has 3 heterocycles. The Kier molecular flexibility index (Phi) is 4.20. The van der Waals surface area contributed by atoms with Gasteiger partial charge in [0.1, 0.15) is 18.0 Å². The SMILES string of the molecule is Cc1cc(NC2CCCN(c3ncccc3Cl)C2)ncn1. The van der Waals surface area contributed by atoms with Crippen molar-refractivity contribution in [3.8, 4) is 0 Å². The van der Waals surface area contributed by atoms with E-state index in [1.165, 1.54) is 0 Å². The molecule has 1 saturated heterocycles. The number of hydrogen-bond donors (Lipinski definition) is 1. The minimum Gasteiger partial charge on any atom is -0.365 e. The van der Waals surface area contributed by atoms with Gasteiger partial charge in [0.2, 0.25) is 0 Å². The minimum atomic E-state index is 0.339. The third kappa shape index (κ3) is 3.42. The number of piperidine rings is 1. The summed E-state index contributed by atoms with van der Waals surface area (Å²) in [4.78, 5) is 15.0. The molecule has 2 aromatic rings. The van der Waals surface area contributed by atoms with Crippen LogP contribution < -0.4 is 10.2 Å². The topological polar surface area (TPSA) is 53.9 Å². The summed E-state index contributed by atoms with van der Waals surface area (Å²) in [5.41, 5.74) is 0.966. The normalized spacial score (nSPS) is 18.6. The van der Waals surface area contributed by atoms with Crippen LogP contribution in [0.15, 0.2) is 30.7 Å². The Hall–Kier alpha value is -1.88. The Balaban J connectivity index is 1.70. The number of aromatic nitrogens is 3. The first kappa shape index (κ1) is 14.1. The van der Waals surface area contributed by atoms with E-state index in [9.17, 15) is 0 Å². The van der Waals surface area contributed by atoms with Crippen molar-refractivity contribution in [2.24, 2.45) is 0 Å². The zero-order chi connectivity index (χ0) is 14.7. The maximum atomic E-state index is 6.24. The van der Waals surface area contributed by atoms with Gasteiger partial charge in [0.05, 0.1) is 5.02 Å². The molecule has 0 bridgehead atoms. The molecular weight excluding hydrogens is 286 g/mol. The third-order valence-corrected chi connectivity index (χ3v) is 3.91. The summed E-state index contributed by atoms with van der Waals surface area (Å²) in [6.45, 7) is 3.82. The lowest BCUT2D eigenvalue weighted by Gasteiger charge is -2.34. The van der Waals surface area contributed by atoms with Gasteiger partial charge in [-0.15, -0.1) is 0 Å². The molecule has 1 atom stereocenters. The number of nitrogens with one attached hydrogen (secondary N) is 1. The van der Waals surface area contributed by atoms with E-state index in [0.29, 0.717) is 11.1 Å². The zero-order valence-electron chi connectivity index (χ0n) is 12.0. The molecule has 6 heteroatoms. The first-order chi connectivity index (χ1) is 10.2. The quantitative estimate of drug-likeness (QED) is 0.945. The van der Waals surface area contributed by atoms with E-state index in [-0.39, 0.29) is 0 Å². The molecule has 0 spiro atoms. The number of rotatable bonds is 3. The smallest absolute Gasteiger partial charge is 0.147 e. The summed E-state index contributed by atoms with van der Waals surface area (Å²) in [6.07, 6.45) is 5.60. The van der Waals surface area contributed by atoms with Crippen LogP contribution in [-0.2, 0) is 0 Å². The summed E-state index contributed by atoms with van der Waals surface area (Å²) in [6, 6.07) is 6.04. The monoisotopic (exact) mass is 303 g/mol. The molecule has 0 saturated carbocycles. The molecule has 1 unspecified atom stereocenters. The highest BCUT2D eigenvalue weighted by Crippen LogP contribution is 2.26. The molecule has 1 aliphatic heterocycles. The van der Waals surface area contributed by atoms with E-state index in [4.69, 9.17) is 11.6 Å². The molecule has 1 fully saturated rings. The van der Waals surface area contributed by atoms with Crippen LogP contribution >= 0.6 is 11.6 Å². The van der Waals surface area contributed by atoms with Crippen LogP contribution in [0, 0.1) is 6.92 Å². The van der Waals surface area contributed by atoms with Crippen molar-refractivity contribution in [1.29, 1.82) is 0 Å². The highest BCUT2D eigenvalue weighted by Gasteiger charge is 2.22. The second-order valence-electron chi connectivity index (χ2n) is 5.28. The van der Waals surface area contributed by atoms with Crippen LogP contribution in [0.25, 0.3) is 0 Å². The van der Waals surface area contributed by atoms with Gasteiger partial charge in [0.25, 0.3) is 0 Å². The predicted octanol–water partition coefficient (Wildman–Crippen LogP) is 2.91. The average Bonchev–Trinajstić information content (AvgIpc) is 2.48. The van der Waals surface area contributed by atoms with E-state index in [0.717, 1.165) is 43.3 Å². The number of halogens is 1. The van der Waals surface area contributed by atoms with Gasteiger partial charge in [-0.3, -0.25) is 0 Å². The Labute approximate surface area is 129 Å². The number of aryl methyl sites for hydroxylation is 1. The fourth-order valence-corrected chi connectivity index (χ4v) is 2.88. The van der Waals surface area contributed by atoms with E-state index in [2.05, 4.69) is 25.2 Å². The highest BCUT2D eigenvalue weighted by atomic mass is 35.5. The van der Waals surface area contributed by atoms with Crippen LogP contribution in [0.3, 0.4) is 0 Å². The molecule has 21 heavy (non-hydrogen) atoms. The lowest BCUT2D eigenvalue weighted by Crippen LogP contribution is -2.42. The molecule has 3 rings (SSSR count). The summed E-state index contributed by atoms with van der Waals surface area (Å²) < 4.78 is 0. The van der Waals surface area contributed by atoms with Crippen LogP contribution in [0.2, 0.25) is 5.02 Å². The van der Waals surface area contributed by atoms with E-state index >= 15 is 0 Å². The lowest BCUT2D eigenvalue weighted by molar-refractivity contribution is 0.525. The minimum absolute atomic E-state index is 0.339. The Morgan fingerprint density at radius 2 is 2.24 bits per heavy atom. The predicted molar refractivity (Wildman–Crippen MR) is 84.9 cm³/mol. The second kappa shape index (κ2) is 6.26. The molecule has 1 N–H and O–H groups in total. The van der Waals surface area contributed by atoms with Crippen molar-refractivity contribution in [2.75, 3.05) is 23.3 Å².